The fourth-order valence-electron chi connectivity index (χ4n) is 0.0905. The van der Waals surface area contributed by atoms with E-state index in [0.29, 0.717) is 0 Å². The summed E-state index contributed by atoms with van der Waals surface area (Å²) in [6, 6.07) is 0. The van der Waals surface area contributed by atoms with Gasteiger partial charge in [-0.2, -0.15) is 4.67 Å². The van der Waals surface area contributed by atoms with Gasteiger partial charge in [-0.05, 0) is 0 Å². The van der Waals surface area contributed by atoms with Gasteiger partial charge >= 0.3 is 7.82 Å². The molecule has 9 nitrogen and oxygen atoms in total. The van der Waals surface area contributed by atoms with Crippen molar-refractivity contribution in [1.82, 2.24) is 0 Å². The molecule has 68 valence electrons. The average Bonchev–Trinajstić information content (AvgIpc) is 1.55. The molecule has 11 heteroatoms. The summed E-state index contributed by atoms with van der Waals surface area (Å²) in [5, 5.41) is 2.91. The molecule has 0 aromatic rings. The van der Waals surface area contributed by atoms with E-state index in [0.717, 1.165) is 0 Å². The molecule has 2 N–H and O–H groups in total. The Morgan fingerprint density at radius 3 is 1.82 bits per heavy atom. The van der Waals surface area contributed by atoms with Crippen molar-refractivity contribution in [2.75, 3.05) is 0 Å². The lowest BCUT2D eigenvalue weighted by molar-refractivity contribution is -0.474. The number of rotatable bonds is 4. The summed E-state index contributed by atoms with van der Waals surface area (Å²) in [5.41, 5.74) is 0. The smallest absolute Gasteiger partial charge is 0.499 e. The number of hydrogen-bond donors (Lipinski definition) is 2. The quantitative estimate of drug-likeness (QED) is 0.297. The minimum absolute atomic E-state index is 2.84. The van der Waals surface area contributed by atoms with Crippen LogP contribution in [0.4, 0.5) is 0 Å². The summed E-state index contributed by atoms with van der Waals surface area (Å²) in [6.07, 6.45) is 0. The van der Waals surface area contributed by atoms with Crippen molar-refractivity contribution in [1.29, 1.82) is 0 Å². The normalized spacial score (nSPS) is 13.5. The molecule has 0 rings (SSSR count). The van der Waals surface area contributed by atoms with Gasteiger partial charge in [-0.3, -0.25) is 0 Å². The van der Waals surface area contributed by atoms with Crippen LogP contribution in [0, 0.1) is 0 Å². The van der Waals surface area contributed by atoms with E-state index < -0.39 is 15.6 Å². The van der Waals surface area contributed by atoms with Gasteiger partial charge in [0.1, 0.15) is 7.82 Å². The van der Waals surface area contributed by atoms with Crippen molar-refractivity contribution >= 4 is 15.6 Å². The molecule has 0 saturated carbocycles. The predicted octanol–water partition coefficient (Wildman–Crippen LogP) is -2.21. The lowest BCUT2D eigenvalue weighted by Crippen LogP contribution is -2.16. The molecule has 0 saturated heterocycles. The summed E-state index contributed by atoms with van der Waals surface area (Å²) in [7, 11) is -10.4. The average molecular weight is 208 g/mol. The van der Waals surface area contributed by atoms with Crippen molar-refractivity contribution < 1.29 is 43.1 Å². The van der Waals surface area contributed by atoms with E-state index in [2.05, 4.69) is 14.4 Å². The van der Waals surface area contributed by atoms with E-state index in [1.54, 1.807) is 0 Å². The summed E-state index contributed by atoms with van der Waals surface area (Å²) in [5.74, 6) is 0. The van der Waals surface area contributed by atoms with Crippen LogP contribution in [0.15, 0.2) is 0 Å². The van der Waals surface area contributed by atoms with Crippen LogP contribution in [0.2, 0.25) is 0 Å². The molecule has 0 radical (unpaired) electrons. The van der Waals surface area contributed by atoms with Gasteiger partial charge in [-0.1, -0.05) is 9.71 Å². The number of hydrogen-bond acceptors (Lipinski definition) is 7. The molecule has 0 aliphatic rings. The van der Waals surface area contributed by atoms with Crippen molar-refractivity contribution in [3.63, 3.8) is 0 Å². The molecule has 0 aliphatic heterocycles. The Hall–Kier alpha value is 0.180. The Balaban J connectivity index is 3.61. The minimum Gasteiger partial charge on any atom is -0.787 e. The van der Waals surface area contributed by atoms with Gasteiger partial charge in [-0.15, -0.1) is 0 Å². The van der Waals surface area contributed by atoms with E-state index in [4.69, 9.17) is 9.79 Å². The molecule has 0 unspecified atom stereocenters. The Labute approximate surface area is 59.8 Å². The molecule has 0 bridgehead atoms. The highest BCUT2D eigenvalue weighted by Gasteiger charge is 2.16. The largest absolute Gasteiger partial charge is 0.787 e. The minimum atomic E-state index is -5.44. The molecule has 0 aromatic heterocycles. The molecule has 0 aliphatic carbocycles. The van der Waals surface area contributed by atoms with Gasteiger partial charge in [0.15, 0.2) is 0 Å². The van der Waals surface area contributed by atoms with Crippen LogP contribution in [-0.2, 0) is 23.5 Å². The molecule has 0 spiro atoms. The van der Waals surface area contributed by atoms with E-state index >= 15 is 0 Å². The Kier molecular flexibility index (Phi) is 3.78. The zero-order chi connectivity index (χ0) is 9.12. The van der Waals surface area contributed by atoms with Crippen molar-refractivity contribution in [2.45, 2.75) is 0 Å². The van der Waals surface area contributed by atoms with Crippen LogP contribution < -0.4 is 9.79 Å². The van der Waals surface area contributed by atoms with Gasteiger partial charge in [0.05, 0.1) is 0 Å². The van der Waals surface area contributed by atoms with Crippen LogP contribution in [0.5, 0.6) is 0 Å². The lowest BCUT2D eigenvalue weighted by atomic mass is 14.6. The first-order chi connectivity index (χ1) is 4.71. The first kappa shape index (κ1) is 11.2. The first-order valence-corrected chi connectivity index (χ1v) is 4.82. The topological polar surface area (TPSA) is 148 Å². The van der Waals surface area contributed by atoms with Crippen molar-refractivity contribution in [2.24, 2.45) is 0 Å². The molecule has 0 aromatic carbocycles. The molecular weight excluding hydrogens is 206 g/mol. The van der Waals surface area contributed by atoms with E-state index in [1.165, 1.54) is 0 Å². The molecule has 0 fully saturated rings. The fourth-order valence-corrected chi connectivity index (χ4v) is 0.353. The van der Waals surface area contributed by atoms with Gasteiger partial charge in [0, 0.05) is 0 Å². The summed E-state index contributed by atoms with van der Waals surface area (Å²) < 4.78 is 25.0. The molecule has 11 heavy (non-hydrogen) atoms. The van der Waals surface area contributed by atoms with Crippen LogP contribution >= 0.6 is 15.6 Å². The van der Waals surface area contributed by atoms with E-state index in [-0.39, 0.29) is 0 Å². The fraction of sp³-hybridized carbons (Fsp3) is 0. The summed E-state index contributed by atoms with van der Waals surface area (Å²) >= 11 is 0. The maximum atomic E-state index is 9.69. The Morgan fingerprint density at radius 1 is 1.09 bits per heavy atom. The molecule has 0 amide bonds. The maximum Gasteiger partial charge on any atom is 0.499 e. The highest BCUT2D eigenvalue weighted by molar-refractivity contribution is 7.46. The first-order valence-electron chi connectivity index (χ1n) is 1.83. The van der Waals surface area contributed by atoms with Crippen LogP contribution in [0.25, 0.3) is 0 Å². The van der Waals surface area contributed by atoms with Crippen LogP contribution in [0.3, 0.4) is 0 Å². The Morgan fingerprint density at radius 2 is 1.55 bits per heavy atom. The van der Waals surface area contributed by atoms with Crippen molar-refractivity contribution in [3.05, 3.63) is 0 Å². The van der Waals surface area contributed by atoms with Crippen molar-refractivity contribution in [3.8, 4) is 0 Å². The summed E-state index contributed by atoms with van der Waals surface area (Å²) in [6.45, 7) is 0. The van der Waals surface area contributed by atoms with Gasteiger partial charge in [0.25, 0.3) is 0 Å². The standard InChI is InChI=1S/H4O9P2/c1-10(2,3)8-7-9-11(4,5)6/h(H2,1,2,3)(H2,4,5,6)/p-2. The second kappa shape index (κ2) is 3.72. The SMILES string of the molecule is O=P([O-])([O-])OOOP(=O)(O)O. The third-order valence-electron chi connectivity index (χ3n) is 0.249. The zero-order valence-corrected chi connectivity index (χ0v) is 6.44. The monoisotopic (exact) mass is 208 g/mol. The third kappa shape index (κ3) is 10.2. The maximum absolute atomic E-state index is 9.69. The predicted molar refractivity (Wildman–Crippen MR) is 22.9 cm³/mol. The lowest BCUT2D eigenvalue weighted by Gasteiger charge is -2.24. The zero-order valence-electron chi connectivity index (χ0n) is 4.65. The highest BCUT2D eigenvalue weighted by Crippen LogP contribution is 2.38. The van der Waals surface area contributed by atoms with E-state index in [1.807, 2.05) is 0 Å². The van der Waals surface area contributed by atoms with Gasteiger partial charge in [-0.25, -0.2) is 4.57 Å². The third-order valence-corrected chi connectivity index (χ3v) is 0.748. The van der Waals surface area contributed by atoms with E-state index in [9.17, 15) is 18.9 Å². The van der Waals surface area contributed by atoms with Gasteiger partial charge in [0.2, 0.25) is 0 Å². The molecule has 0 atom stereocenters. The van der Waals surface area contributed by atoms with Crippen LogP contribution in [0.1, 0.15) is 0 Å². The molecule has 0 heterocycles. The highest BCUT2D eigenvalue weighted by atomic mass is 31.2. The second-order valence-electron chi connectivity index (χ2n) is 1.15. The van der Waals surface area contributed by atoms with Crippen LogP contribution in [-0.4, -0.2) is 9.79 Å². The second-order valence-corrected chi connectivity index (χ2v) is 3.33. The van der Waals surface area contributed by atoms with Gasteiger partial charge < -0.3 is 24.1 Å². The number of phosphoric acid groups is 2. The molecular formula is H2O9P2-2. The summed E-state index contributed by atoms with van der Waals surface area (Å²) in [4.78, 5) is 34.6. The Bertz CT molecular complexity index is 170.